The Morgan fingerprint density at radius 1 is 1.11 bits per heavy atom. The standard InChI is InChI=1S/C21H35BN2O4/c1-20(2)21(3,4)28-22(27-20)18-7-8-19(24-10-13-26-14-11-24)17(15-18)16-23(5)9-12-25-6/h7-8,15H,9-14,16H2,1-6H3. The predicted molar refractivity (Wildman–Crippen MR) is 113 cm³/mol. The van der Waals surface area contributed by atoms with Crippen molar-refractivity contribution in [3.05, 3.63) is 23.8 Å². The fraction of sp³-hybridized carbons (Fsp3) is 0.714. The van der Waals surface area contributed by atoms with E-state index in [0.717, 1.165) is 51.5 Å². The first kappa shape index (κ1) is 21.6. The summed E-state index contributed by atoms with van der Waals surface area (Å²) in [5.74, 6) is 0. The summed E-state index contributed by atoms with van der Waals surface area (Å²) in [7, 11) is 3.53. The van der Waals surface area contributed by atoms with Gasteiger partial charge in [-0.2, -0.15) is 0 Å². The zero-order chi connectivity index (χ0) is 20.4. The Hall–Kier alpha value is -1.12. The average Bonchev–Trinajstić information content (AvgIpc) is 2.88. The van der Waals surface area contributed by atoms with E-state index in [4.69, 9.17) is 18.8 Å². The summed E-state index contributed by atoms with van der Waals surface area (Å²) in [4.78, 5) is 4.70. The fourth-order valence-electron chi connectivity index (χ4n) is 3.59. The molecule has 2 aliphatic heterocycles. The number of benzene rings is 1. The van der Waals surface area contributed by atoms with Gasteiger partial charge in [-0.25, -0.2) is 0 Å². The lowest BCUT2D eigenvalue weighted by Gasteiger charge is -2.32. The van der Waals surface area contributed by atoms with Crippen LogP contribution in [0.25, 0.3) is 0 Å². The highest BCUT2D eigenvalue weighted by Crippen LogP contribution is 2.36. The summed E-state index contributed by atoms with van der Waals surface area (Å²) in [5.41, 5.74) is 2.96. The normalized spacial score (nSPS) is 21.5. The van der Waals surface area contributed by atoms with Crippen molar-refractivity contribution in [2.45, 2.75) is 45.4 Å². The minimum Gasteiger partial charge on any atom is -0.399 e. The molecule has 7 heteroatoms. The van der Waals surface area contributed by atoms with Crippen LogP contribution in [0.15, 0.2) is 18.2 Å². The smallest absolute Gasteiger partial charge is 0.399 e. The molecular weight excluding hydrogens is 355 g/mol. The molecule has 3 rings (SSSR count). The second kappa shape index (κ2) is 8.72. The lowest BCUT2D eigenvalue weighted by atomic mass is 9.78. The SMILES string of the molecule is COCCN(C)Cc1cc(B2OC(C)(C)C(C)(C)O2)ccc1N1CCOCC1. The van der Waals surface area contributed by atoms with Crippen LogP contribution in [0.5, 0.6) is 0 Å². The molecule has 0 N–H and O–H groups in total. The number of rotatable bonds is 7. The molecule has 1 aromatic carbocycles. The number of nitrogens with zero attached hydrogens (tertiary/aromatic N) is 2. The van der Waals surface area contributed by atoms with Crippen LogP contribution in [-0.4, -0.2) is 76.8 Å². The van der Waals surface area contributed by atoms with E-state index >= 15 is 0 Å². The predicted octanol–water partition coefficient (Wildman–Crippen LogP) is 1.90. The Kier molecular flexibility index (Phi) is 6.72. The Bertz CT molecular complexity index is 646. The average molecular weight is 390 g/mol. The van der Waals surface area contributed by atoms with E-state index in [1.165, 1.54) is 11.3 Å². The minimum absolute atomic E-state index is 0.337. The van der Waals surface area contributed by atoms with Gasteiger partial charge >= 0.3 is 7.12 Å². The Labute approximate surface area is 170 Å². The van der Waals surface area contributed by atoms with Crippen LogP contribution in [0.3, 0.4) is 0 Å². The zero-order valence-electron chi connectivity index (χ0n) is 18.3. The Morgan fingerprint density at radius 2 is 1.75 bits per heavy atom. The molecule has 2 heterocycles. The molecule has 0 saturated carbocycles. The van der Waals surface area contributed by atoms with Gasteiger partial charge in [-0.15, -0.1) is 0 Å². The first-order chi connectivity index (χ1) is 13.2. The van der Waals surface area contributed by atoms with Gasteiger partial charge in [0.05, 0.1) is 31.0 Å². The molecule has 2 aliphatic rings. The van der Waals surface area contributed by atoms with Crippen molar-refractivity contribution in [1.29, 1.82) is 0 Å². The van der Waals surface area contributed by atoms with E-state index in [0.29, 0.717) is 0 Å². The quantitative estimate of drug-likeness (QED) is 0.663. The van der Waals surface area contributed by atoms with Gasteiger partial charge in [0, 0.05) is 39.0 Å². The maximum absolute atomic E-state index is 6.27. The van der Waals surface area contributed by atoms with Crippen LogP contribution in [0, 0.1) is 0 Å². The number of anilines is 1. The maximum Gasteiger partial charge on any atom is 0.494 e. The lowest BCUT2D eigenvalue weighted by molar-refractivity contribution is 0.00578. The Morgan fingerprint density at radius 3 is 2.36 bits per heavy atom. The molecule has 28 heavy (non-hydrogen) atoms. The number of methoxy groups -OCH3 is 1. The third-order valence-corrected chi connectivity index (χ3v) is 6.10. The zero-order valence-corrected chi connectivity index (χ0v) is 18.3. The highest BCUT2D eigenvalue weighted by Gasteiger charge is 2.51. The van der Waals surface area contributed by atoms with Crippen molar-refractivity contribution in [3.8, 4) is 0 Å². The third-order valence-electron chi connectivity index (χ3n) is 6.10. The summed E-state index contributed by atoms with van der Waals surface area (Å²) >= 11 is 0. The molecule has 0 atom stereocenters. The van der Waals surface area contributed by atoms with Crippen LogP contribution in [-0.2, 0) is 25.3 Å². The maximum atomic E-state index is 6.27. The van der Waals surface area contributed by atoms with Crippen molar-refractivity contribution in [3.63, 3.8) is 0 Å². The van der Waals surface area contributed by atoms with E-state index < -0.39 is 0 Å². The molecule has 0 aliphatic carbocycles. The number of hydrogen-bond acceptors (Lipinski definition) is 6. The first-order valence-corrected chi connectivity index (χ1v) is 10.2. The van der Waals surface area contributed by atoms with Crippen LogP contribution in [0.1, 0.15) is 33.3 Å². The number of hydrogen-bond donors (Lipinski definition) is 0. The highest BCUT2D eigenvalue weighted by molar-refractivity contribution is 6.62. The largest absolute Gasteiger partial charge is 0.494 e. The molecule has 0 unspecified atom stereocenters. The number of ether oxygens (including phenoxy) is 2. The lowest BCUT2D eigenvalue weighted by Crippen LogP contribution is -2.41. The van der Waals surface area contributed by atoms with Crippen LogP contribution >= 0.6 is 0 Å². The van der Waals surface area contributed by atoms with E-state index in [1.807, 2.05) is 0 Å². The van der Waals surface area contributed by atoms with E-state index in [2.05, 4.69) is 62.7 Å². The fourth-order valence-corrected chi connectivity index (χ4v) is 3.59. The van der Waals surface area contributed by atoms with Crippen molar-refractivity contribution < 1.29 is 18.8 Å². The molecule has 0 aromatic heterocycles. The highest BCUT2D eigenvalue weighted by atomic mass is 16.7. The van der Waals surface area contributed by atoms with Gasteiger partial charge in [0.25, 0.3) is 0 Å². The molecule has 156 valence electrons. The van der Waals surface area contributed by atoms with E-state index in [-0.39, 0.29) is 18.3 Å². The van der Waals surface area contributed by atoms with Gasteiger partial charge < -0.3 is 23.7 Å². The molecule has 1 aromatic rings. The molecule has 0 bridgehead atoms. The topological polar surface area (TPSA) is 43.4 Å². The summed E-state index contributed by atoms with van der Waals surface area (Å²) in [5, 5.41) is 0. The van der Waals surface area contributed by atoms with Crippen molar-refractivity contribution in [2.24, 2.45) is 0 Å². The van der Waals surface area contributed by atoms with Gasteiger partial charge in [-0.1, -0.05) is 12.1 Å². The summed E-state index contributed by atoms with van der Waals surface area (Å²) in [6.45, 7) is 14.2. The van der Waals surface area contributed by atoms with Crippen molar-refractivity contribution in [1.82, 2.24) is 4.90 Å². The van der Waals surface area contributed by atoms with Gasteiger partial charge in [0.1, 0.15) is 0 Å². The monoisotopic (exact) mass is 390 g/mol. The second-order valence-electron chi connectivity index (χ2n) is 8.81. The molecule has 0 radical (unpaired) electrons. The van der Waals surface area contributed by atoms with E-state index in [9.17, 15) is 0 Å². The van der Waals surface area contributed by atoms with Crippen LogP contribution < -0.4 is 10.4 Å². The number of likely N-dealkylation sites (N-methyl/N-ethyl adjacent to an activating group) is 1. The second-order valence-corrected chi connectivity index (χ2v) is 8.81. The van der Waals surface area contributed by atoms with Gasteiger partial charge in [0.2, 0.25) is 0 Å². The van der Waals surface area contributed by atoms with Crippen LogP contribution in [0.4, 0.5) is 5.69 Å². The summed E-state index contributed by atoms with van der Waals surface area (Å²) in [6.07, 6.45) is 0. The minimum atomic E-state index is -0.341. The van der Waals surface area contributed by atoms with Crippen molar-refractivity contribution in [2.75, 3.05) is 58.5 Å². The van der Waals surface area contributed by atoms with Gasteiger partial charge in [0.15, 0.2) is 0 Å². The van der Waals surface area contributed by atoms with E-state index in [1.54, 1.807) is 7.11 Å². The molecule has 2 fully saturated rings. The molecule has 0 amide bonds. The molecule has 0 spiro atoms. The van der Waals surface area contributed by atoms with Gasteiger partial charge in [-0.3, -0.25) is 4.90 Å². The third kappa shape index (κ3) is 4.71. The van der Waals surface area contributed by atoms with Crippen molar-refractivity contribution >= 4 is 18.3 Å². The summed E-state index contributed by atoms with van der Waals surface area (Å²) in [6, 6.07) is 6.60. The van der Waals surface area contributed by atoms with Crippen LogP contribution in [0.2, 0.25) is 0 Å². The molecule has 2 saturated heterocycles. The van der Waals surface area contributed by atoms with Gasteiger partial charge in [-0.05, 0) is 51.8 Å². The molecule has 6 nitrogen and oxygen atoms in total. The first-order valence-electron chi connectivity index (χ1n) is 10.2. The molecular formula is C21H35BN2O4. The number of morpholine rings is 1. The summed E-state index contributed by atoms with van der Waals surface area (Å²) < 4.78 is 23.3. The Balaban J connectivity index is 1.86.